The molecule has 0 spiro atoms. The Labute approximate surface area is 164 Å². The highest BCUT2D eigenvalue weighted by molar-refractivity contribution is 6.05. The maximum Gasteiger partial charge on any atom is 0.255 e. The molecule has 7 heteroatoms. The molecule has 3 atom stereocenters. The van der Waals surface area contributed by atoms with Crippen molar-refractivity contribution in [3.05, 3.63) is 34.9 Å². The van der Waals surface area contributed by atoms with E-state index in [1.54, 1.807) is 4.90 Å². The highest BCUT2D eigenvalue weighted by Crippen LogP contribution is 2.32. The fourth-order valence-electron chi connectivity index (χ4n) is 5.41. The average Bonchev–Trinajstić information content (AvgIpc) is 3.28. The van der Waals surface area contributed by atoms with Crippen LogP contribution in [0.5, 0.6) is 0 Å². The molecule has 2 N–H and O–H groups in total. The van der Waals surface area contributed by atoms with Gasteiger partial charge in [-0.3, -0.25) is 24.6 Å². The Balaban J connectivity index is 1.38. The third-order valence-corrected chi connectivity index (χ3v) is 6.77. The molecule has 3 amide bonds. The van der Waals surface area contributed by atoms with Crippen LogP contribution in [-0.2, 0) is 22.7 Å². The highest BCUT2D eigenvalue weighted by atomic mass is 16.2. The number of benzene rings is 1. The van der Waals surface area contributed by atoms with Crippen LogP contribution in [0.4, 0.5) is 0 Å². The number of amides is 3. The van der Waals surface area contributed by atoms with Crippen molar-refractivity contribution in [2.45, 2.75) is 63.3 Å². The molecule has 7 nitrogen and oxygen atoms in total. The second-order valence-corrected chi connectivity index (χ2v) is 8.38. The zero-order valence-corrected chi connectivity index (χ0v) is 15.9. The van der Waals surface area contributed by atoms with E-state index in [9.17, 15) is 14.4 Å². The molecule has 3 fully saturated rings. The Morgan fingerprint density at radius 1 is 1.11 bits per heavy atom. The molecule has 1 aromatic rings. The second-order valence-electron chi connectivity index (χ2n) is 8.38. The van der Waals surface area contributed by atoms with Crippen LogP contribution in [0, 0.1) is 0 Å². The van der Waals surface area contributed by atoms with Gasteiger partial charge in [0.1, 0.15) is 6.04 Å². The molecule has 5 rings (SSSR count). The van der Waals surface area contributed by atoms with Crippen LogP contribution in [0.1, 0.15) is 53.6 Å². The molecule has 0 radical (unpaired) electrons. The number of nitrogens with one attached hydrogen (secondary N) is 2. The average molecular weight is 382 g/mol. The van der Waals surface area contributed by atoms with Gasteiger partial charge in [-0.25, -0.2) is 0 Å². The van der Waals surface area contributed by atoms with Crippen molar-refractivity contribution in [2.24, 2.45) is 0 Å². The molecule has 28 heavy (non-hydrogen) atoms. The molecule has 2 saturated heterocycles. The van der Waals surface area contributed by atoms with Gasteiger partial charge in [0, 0.05) is 50.2 Å². The maximum atomic E-state index is 13.2. The second kappa shape index (κ2) is 6.97. The zero-order chi connectivity index (χ0) is 19.3. The Kier molecular flexibility index (Phi) is 4.44. The van der Waals surface area contributed by atoms with Crippen LogP contribution in [0.2, 0.25) is 0 Å². The van der Waals surface area contributed by atoms with Gasteiger partial charge < -0.3 is 10.2 Å². The topological polar surface area (TPSA) is 81.8 Å². The van der Waals surface area contributed by atoms with E-state index >= 15 is 0 Å². The molecule has 1 aliphatic carbocycles. The van der Waals surface area contributed by atoms with Crippen LogP contribution >= 0.6 is 0 Å². The van der Waals surface area contributed by atoms with Crippen molar-refractivity contribution < 1.29 is 14.4 Å². The van der Waals surface area contributed by atoms with E-state index in [2.05, 4.69) is 21.6 Å². The van der Waals surface area contributed by atoms with Crippen molar-refractivity contribution in [1.82, 2.24) is 20.4 Å². The molecule has 0 bridgehead atoms. The fourth-order valence-corrected chi connectivity index (χ4v) is 5.41. The molecule has 148 valence electrons. The Bertz CT molecular complexity index is 839. The normalized spacial score (nSPS) is 30.4. The first kappa shape index (κ1) is 17.8. The number of imide groups is 1. The smallest absolute Gasteiger partial charge is 0.255 e. The van der Waals surface area contributed by atoms with E-state index in [4.69, 9.17) is 0 Å². The predicted molar refractivity (Wildman–Crippen MR) is 102 cm³/mol. The van der Waals surface area contributed by atoms with Gasteiger partial charge in [0.2, 0.25) is 11.8 Å². The summed E-state index contributed by atoms with van der Waals surface area (Å²) in [7, 11) is 0. The minimum absolute atomic E-state index is 0.0711. The number of hydrogen-bond donors (Lipinski definition) is 2. The number of rotatable bonds is 3. The van der Waals surface area contributed by atoms with Gasteiger partial charge in [0.15, 0.2) is 0 Å². The number of piperazine rings is 1. The van der Waals surface area contributed by atoms with E-state index < -0.39 is 6.04 Å². The minimum atomic E-state index is -0.552. The summed E-state index contributed by atoms with van der Waals surface area (Å²) in [6.45, 7) is 3.21. The van der Waals surface area contributed by atoms with Crippen molar-refractivity contribution in [1.29, 1.82) is 0 Å². The summed E-state index contributed by atoms with van der Waals surface area (Å²) in [5.41, 5.74) is 2.82. The first-order chi connectivity index (χ1) is 13.6. The first-order valence-electron chi connectivity index (χ1n) is 10.3. The van der Waals surface area contributed by atoms with E-state index in [1.807, 2.05) is 12.1 Å². The lowest BCUT2D eigenvalue weighted by molar-refractivity contribution is -0.136. The summed E-state index contributed by atoms with van der Waals surface area (Å²) in [4.78, 5) is 41.1. The molecule has 3 aliphatic heterocycles. The Hall–Kier alpha value is -2.25. The number of piperidine rings is 1. The number of carbonyl (C=O) groups excluding carboxylic acids is 3. The van der Waals surface area contributed by atoms with Crippen LogP contribution in [-0.4, -0.2) is 58.7 Å². The van der Waals surface area contributed by atoms with Gasteiger partial charge in [-0.05, 0) is 30.4 Å². The van der Waals surface area contributed by atoms with Crippen LogP contribution < -0.4 is 10.6 Å². The van der Waals surface area contributed by atoms with Crippen molar-refractivity contribution in [3.8, 4) is 0 Å². The van der Waals surface area contributed by atoms with E-state index in [0.29, 0.717) is 25.0 Å². The number of hydrogen-bond acceptors (Lipinski definition) is 5. The Morgan fingerprint density at radius 3 is 2.86 bits per heavy atom. The third-order valence-electron chi connectivity index (χ3n) is 6.77. The maximum absolute atomic E-state index is 13.2. The van der Waals surface area contributed by atoms with E-state index in [0.717, 1.165) is 36.3 Å². The SMILES string of the molecule is O=C1CCC(N2Cc3cccc(CN4CCN[C@H]5CCC[C@H]54)c3C2=O)C(=O)N1. The zero-order valence-electron chi connectivity index (χ0n) is 15.9. The summed E-state index contributed by atoms with van der Waals surface area (Å²) in [6, 6.07) is 6.62. The Morgan fingerprint density at radius 2 is 2.00 bits per heavy atom. The molecule has 4 aliphatic rings. The summed E-state index contributed by atoms with van der Waals surface area (Å²) in [6.07, 6.45) is 4.39. The third kappa shape index (κ3) is 2.93. The van der Waals surface area contributed by atoms with Gasteiger partial charge in [0.05, 0.1) is 0 Å². The van der Waals surface area contributed by atoms with Crippen LogP contribution in [0.3, 0.4) is 0 Å². The molecule has 1 unspecified atom stereocenters. The van der Waals surface area contributed by atoms with E-state index in [-0.39, 0.29) is 24.1 Å². The van der Waals surface area contributed by atoms with Gasteiger partial charge in [-0.15, -0.1) is 0 Å². The molecule has 1 saturated carbocycles. The predicted octanol–water partition coefficient (Wildman–Crippen LogP) is 0.774. The van der Waals surface area contributed by atoms with E-state index in [1.165, 1.54) is 19.3 Å². The lowest BCUT2D eigenvalue weighted by Crippen LogP contribution is -2.55. The lowest BCUT2D eigenvalue weighted by Gasteiger charge is -2.38. The molecule has 0 aromatic heterocycles. The van der Waals surface area contributed by atoms with Crippen molar-refractivity contribution in [3.63, 3.8) is 0 Å². The van der Waals surface area contributed by atoms with Crippen LogP contribution in [0.15, 0.2) is 18.2 Å². The molecule has 1 aromatic carbocycles. The summed E-state index contributed by atoms with van der Waals surface area (Å²) in [5.74, 6) is -0.677. The standard InChI is InChI=1S/C21H26N4O3/c26-18-8-7-17(20(27)23-18)25-12-14-4-1-3-13(19(14)21(25)28)11-24-10-9-22-15-5-2-6-16(15)24/h1,3-4,15-17,22H,2,5-12H2,(H,23,26,27)/t15-,16+,17?/m0/s1. The molecular formula is C21H26N4O3. The lowest BCUT2D eigenvalue weighted by atomic mass is 10.00. The number of carbonyl (C=O) groups is 3. The monoisotopic (exact) mass is 382 g/mol. The van der Waals surface area contributed by atoms with Crippen LogP contribution in [0.25, 0.3) is 0 Å². The number of nitrogens with zero attached hydrogens (tertiary/aromatic N) is 2. The first-order valence-corrected chi connectivity index (χ1v) is 10.3. The number of fused-ring (bicyclic) bond motifs is 2. The summed E-state index contributed by atoms with van der Waals surface area (Å²) in [5, 5.41) is 6.00. The molecular weight excluding hydrogens is 356 g/mol. The van der Waals surface area contributed by atoms with Crippen molar-refractivity contribution >= 4 is 17.7 Å². The highest BCUT2D eigenvalue weighted by Gasteiger charge is 2.41. The van der Waals surface area contributed by atoms with Gasteiger partial charge in [-0.2, -0.15) is 0 Å². The van der Waals surface area contributed by atoms with Gasteiger partial charge in [-0.1, -0.05) is 24.6 Å². The minimum Gasteiger partial charge on any atom is -0.322 e. The van der Waals surface area contributed by atoms with Gasteiger partial charge >= 0.3 is 0 Å². The summed E-state index contributed by atoms with van der Waals surface area (Å²) < 4.78 is 0. The molecule has 3 heterocycles. The quantitative estimate of drug-likeness (QED) is 0.755. The largest absolute Gasteiger partial charge is 0.322 e. The summed E-state index contributed by atoms with van der Waals surface area (Å²) >= 11 is 0. The van der Waals surface area contributed by atoms with Gasteiger partial charge in [0.25, 0.3) is 5.91 Å². The van der Waals surface area contributed by atoms with Crippen molar-refractivity contribution in [2.75, 3.05) is 13.1 Å². The fraction of sp³-hybridized carbons (Fsp3) is 0.571.